The molecule has 322 valence electrons. The third-order valence-corrected chi connectivity index (χ3v) is 13.2. The Bertz CT molecular complexity index is 2340. The summed E-state index contributed by atoms with van der Waals surface area (Å²) in [5, 5.41) is 21.9. The number of hydrogen-bond donors (Lipinski definition) is 2. The van der Waals surface area contributed by atoms with Gasteiger partial charge in [-0.05, 0) is 118 Å². The van der Waals surface area contributed by atoms with E-state index >= 15 is 0 Å². The van der Waals surface area contributed by atoms with Gasteiger partial charge in [0.15, 0.2) is 0 Å². The van der Waals surface area contributed by atoms with Crippen molar-refractivity contribution in [2.24, 2.45) is 21.8 Å². The van der Waals surface area contributed by atoms with Gasteiger partial charge in [-0.2, -0.15) is 0 Å². The highest BCUT2D eigenvalue weighted by atomic mass is 16.3. The first-order valence-corrected chi connectivity index (χ1v) is 23.3. The lowest BCUT2D eigenvalue weighted by atomic mass is 9.64. The van der Waals surface area contributed by atoms with E-state index in [1.165, 1.54) is 84.7 Å². The number of unbranched alkanes of at least 4 members (excludes halogenated alkanes) is 2. The maximum Gasteiger partial charge on any atom is 0.124 e. The van der Waals surface area contributed by atoms with Crippen molar-refractivity contribution in [1.82, 2.24) is 0 Å². The van der Waals surface area contributed by atoms with Crippen LogP contribution in [0.2, 0.25) is 0 Å². The molecule has 7 rings (SSSR count). The number of fused-ring (bicyclic) bond motifs is 3. The summed E-state index contributed by atoms with van der Waals surface area (Å²) in [5.74, 6) is 1.59. The predicted molar refractivity (Wildman–Crippen MR) is 270 cm³/mol. The van der Waals surface area contributed by atoms with Crippen molar-refractivity contribution in [3.05, 3.63) is 180 Å². The van der Waals surface area contributed by atoms with Crippen LogP contribution in [0.4, 0.5) is 11.4 Å². The van der Waals surface area contributed by atoms with E-state index in [0.717, 1.165) is 46.5 Å². The Hall–Kier alpha value is -6.26. The van der Waals surface area contributed by atoms with Crippen LogP contribution >= 0.6 is 0 Å². The smallest absolute Gasteiger partial charge is 0.124 e. The zero-order valence-corrected chi connectivity index (χ0v) is 37.7. The van der Waals surface area contributed by atoms with Crippen LogP contribution in [-0.2, 0) is 5.41 Å². The maximum atomic E-state index is 11.0. The van der Waals surface area contributed by atoms with Crippen LogP contribution in [0, 0.1) is 11.8 Å². The summed E-state index contributed by atoms with van der Waals surface area (Å²) in [6, 6.07) is 50.4. The zero-order chi connectivity index (χ0) is 44.0. The Labute approximate surface area is 376 Å². The molecule has 2 unspecified atom stereocenters. The summed E-state index contributed by atoms with van der Waals surface area (Å²) in [5.41, 5.74) is 13.4. The second kappa shape index (κ2) is 21.7. The number of aliphatic hydroxyl groups is 2. The molecular weight excluding hydrogens is 769 g/mol. The topological polar surface area (TPSA) is 65.2 Å². The third kappa shape index (κ3) is 10.9. The van der Waals surface area contributed by atoms with E-state index < -0.39 is 0 Å². The number of benzene rings is 6. The SMILES string of the molecule is CCCCC(CC)CC1(CC(CC)CCCC)c2cc(-c3ccc(/C(O)=C/C=Nc4ccccc4)cc3)ccc2-c2ccc(-c3ccc(/C(O)=C/C=Nc4ccccc4)cc3)cc21. The number of rotatable bonds is 20. The Balaban J connectivity index is 1.27. The first kappa shape index (κ1) is 44.8. The number of allylic oxidation sites excluding steroid dienone is 2. The van der Waals surface area contributed by atoms with E-state index in [0.29, 0.717) is 11.8 Å². The normalized spacial score (nSPS) is 16.1. The van der Waals surface area contributed by atoms with Gasteiger partial charge in [-0.1, -0.05) is 188 Å². The lowest BCUT2D eigenvalue weighted by Crippen LogP contribution is -2.31. The van der Waals surface area contributed by atoms with Crippen LogP contribution in [0.3, 0.4) is 0 Å². The fourth-order valence-corrected chi connectivity index (χ4v) is 9.53. The Kier molecular flexibility index (Phi) is 15.4. The van der Waals surface area contributed by atoms with Crippen molar-refractivity contribution in [3.63, 3.8) is 0 Å². The average molecular weight is 833 g/mol. The summed E-state index contributed by atoms with van der Waals surface area (Å²) >= 11 is 0. The molecular formula is C59H64N2O2. The second-order valence-corrected chi connectivity index (χ2v) is 17.3. The molecule has 6 aromatic rings. The van der Waals surface area contributed by atoms with Gasteiger partial charge in [0.2, 0.25) is 0 Å². The molecule has 2 N–H and O–H groups in total. The molecule has 0 aliphatic heterocycles. The first-order valence-electron chi connectivity index (χ1n) is 23.3. The number of aliphatic imine (C=N–C) groups is 2. The van der Waals surface area contributed by atoms with Gasteiger partial charge in [0.25, 0.3) is 0 Å². The van der Waals surface area contributed by atoms with E-state index in [1.807, 2.05) is 84.9 Å². The third-order valence-electron chi connectivity index (χ3n) is 13.2. The van der Waals surface area contributed by atoms with Crippen LogP contribution in [-0.4, -0.2) is 22.6 Å². The molecule has 0 spiro atoms. The molecule has 1 aliphatic carbocycles. The van der Waals surface area contributed by atoms with Crippen molar-refractivity contribution in [2.75, 3.05) is 0 Å². The standard InChI is InChI=1S/C59H64N2O2/c1-5-9-17-43(7-3)41-59(42-44(8-4)18-10-6-2)55-39-49(45-23-27-47(28-24-45)57(62)35-37-60-51-19-13-11-14-20-51)31-33-53(55)54-34-32-50(40-56(54)59)46-25-29-48(30-26-46)58(63)36-38-61-52-21-15-12-16-22-52/h11-16,19-40,43-44,62-63H,5-10,17-18,41-42H2,1-4H3/b57-35-,58-36-,60-37?,61-38?. The van der Waals surface area contributed by atoms with E-state index in [4.69, 9.17) is 0 Å². The summed E-state index contributed by atoms with van der Waals surface area (Å²) in [4.78, 5) is 8.92. The van der Waals surface area contributed by atoms with Crippen molar-refractivity contribution >= 4 is 35.3 Å². The zero-order valence-electron chi connectivity index (χ0n) is 37.7. The Morgan fingerprint density at radius 3 is 1.24 bits per heavy atom. The summed E-state index contributed by atoms with van der Waals surface area (Å²) in [6.45, 7) is 9.42. The van der Waals surface area contributed by atoms with Crippen molar-refractivity contribution in [1.29, 1.82) is 0 Å². The van der Waals surface area contributed by atoms with Crippen LogP contribution in [0.1, 0.15) is 114 Å². The Morgan fingerprint density at radius 2 is 0.873 bits per heavy atom. The molecule has 6 aromatic carbocycles. The molecule has 4 nitrogen and oxygen atoms in total. The highest BCUT2D eigenvalue weighted by Crippen LogP contribution is 2.57. The minimum Gasteiger partial charge on any atom is -0.507 e. The van der Waals surface area contributed by atoms with E-state index in [9.17, 15) is 10.2 Å². The van der Waals surface area contributed by atoms with Crippen LogP contribution in [0.25, 0.3) is 44.9 Å². The van der Waals surface area contributed by atoms with E-state index in [2.05, 4.69) is 98.3 Å². The van der Waals surface area contributed by atoms with Crippen LogP contribution < -0.4 is 0 Å². The maximum absolute atomic E-state index is 11.0. The van der Waals surface area contributed by atoms with Gasteiger partial charge in [-0.25, -0.2) is 0 Å². The number of hydrogen-bond acceptors (Lipinski definition) is 4. The fourth-order valence-electron chi connectivity index (χ4n) is 9.53. The van der Waals surface area contributed by atoms with Gasteiger partial charge in [0.05, 0.1) is 11.4 Å². The molecule has 4 heteroatoms. The van der Waals surface area contributed by atoms with E-state index in [1.54, 1.807) is 24.6 Å². The molecule has 0 aromatic heterocycles. The van der Waals surface area contributed by atoms with E-state index in [-0.39, 0.29) is 16.9 Å². The largest absolute Gasteiger partial charge is 0.507 e. The van der Waals surface area contributed by atoms with Crippen molar-refractivity contribution in [2.45, 2.75) is 97.3 Å². The number of nitrogens with zero attached hydrogens (tertiary/aromatic N) is 2. The molecule has 0 saturated heterocycles. The monoisotopic (exact) mass is 832 g/mol. The number of para-hydroxylation sites is 2. The van der Waals surface area contributed by atoms with Gasteiger partial charge in [-0.3, -0.25) is 9.98 Å². The first-order chi connectivity index (χ1) is 30.8. The molecule has 0 heterocycles. The second-order valence-electron chi connectivity index (χ2n) is 17.3. The molecule has 63 heavy (non-hydrogen) atoms. The fraction of sp³-hybridized carbons (Fsp3) is 0.288. The molecule has 0 radical (unpaired) electrons. The lowest BCUT2D eigenvalue weighted by Gasteiger charge is -2.39. The summed E-state index contributed by atoms with van der Waals surface area (Å²) < 4.78 is 0. The van der Waals surface area contributed by atoms with Crippen molar-refractivity contribution < 1.29 is 10.2 Å². The van der Waals surface area contributed by atoms with Crippen LogP contribution in [0.15, 0.2) is 168 Å². The average Bonchev–Trinajstić information content (AvgIpc) is 3.59. The lowest BCUT2D eigenvalue weighted by molar-refractivity contribution is 0.266. The predicted octanol–water partition coefficient (Wildman–Crippen LogP) is 17.1. The quantitative estimate of drug-likeness (QED) is 0.0594. The van der Waals surface area contributed by atoms with Crippen LogP contribution in [0.5, 0.6) is 0 Å². The number of aliphatic hydroxyl groups excluding tert-OH is 2. The summed E-state index contributed by atoms with van der Waals surface area (Å²) in [6.07, 6.45) is 18.6. The minimum absolute atomic E-state index is 0.141. The molecule has 0 fully saturated rings. The van der Waals surface area contributed by atoms with Gasteiger partial charge in [0.1, 0.15) is 11.5 Å². The Morgan fingerprint density at radius 1 is 0.492 bits per heavy atom. The van der Waals surface area contributed by atoms with Gasteiger partial charge >= 0.3 is 0 Å². The van der Waals surface area contributed by atoms with Crippen molar-refractivity contribution in [3.8, 4) is 33.4 Å². The molecule has 0 saturated carbocycles. The minimum atomic E-state index is -0.141. The van der Waals surface area contributed by atoms with Gasteiger partial charge in [0, 0.05) is 29.0 Å². The molecule has 1 aliphatic rings. The summed E-state index contributed by atoms with van der Waals surface area (Å²) in [7, 11) is 0. The van der Waals surface area contributed by atoms with Gasteiger partial charge < -0.3 is 10.2 Å². The molecule has 0 amide bonds. The highest BCUT2D eigenvalue weighted by molar-refractivity contribution is 5.88. The highest BCUT2D eigenvalue weighted by Gasteiger charge is 2.45. The molecule has 2 atom stereocenters. The molecule has 0 bridgehead atoms. The van der Waals surface area contributed by atoms with Gasteiger partial charge in [-0.15, -0.1) is 0 Å².